The molecule has 2 heteroatoms. The molecule has 18 heavy (non-hydrogen) atoms. The van der Waals surface area contributed by atoms with Crippen molar-refractivity contribution in [3.05, 3.63) is 12.3 Å². The minimum atomic E-state index is 0.325. The zero-order valence-corrected chi connectivity index (χ0v) is 12.9. The summed E-state index contributed by atoms with van der Waals surface area (Å²) < 4.78 is 5.98. The Bertz CT molecular complexity index is 254. The molecular formula is C16H31NO. The molecule has 0 saturated heterocycles. The van der Waals surface area contributed by atoms with Crippen molar-refractivity contribution in [1.29, 1.82) is 0 Å². The molecule has 1 saturated carbocycles. The Morgan fingerprint density at radius 3 is 2.22 bits per heavy atom. The minimum Gasteiger partial charge on any atom is -0.497 e. The number of likely N-dealkylation sites (N-methyl/N-ethyl adjacent to an activating group) is 1. The number of hydrogen-bond donors (Lipinski definition) is 0. The molecule has 1 rings (SSSR count). The van der Waals surface area contributed by atoms with E-state index in [9.17, 15) is 0 Å². The monoisotopic (exact) mass is 253 g/mol. The van der Waals surface area contributed by atoms with Crippen molar-refractivity contribution in [2.45, 2.75) is 52.5 Å². The molecule has 0 aromatic rings. The molecule has 1 aliphatic carbocycles. The zero-order chi connectivity index (χ0) is 13.7. The van der Waals surface area contributed by atoms with Crippen molar-refractivity contribution >= 4 is 0 Å². The van der Waals surface area contributed by atoms with Gasteiger partial charge in [-0.3, -0.25) is 4.90 Å². The highest BCUT2D eigenvalue weighted by molar-refractivity contribution is 5.00. The van der Waals surface area contributed by atoms with E-state index in [1.165, 1.54) is 25.7 Å². The van der Waals surface area contributed by atoms with Gasteiger partial charge in [-0.05, 0) is 44.7 Å². The van der Waals surface area contributed by atoms with Gasteiger partial charge in [-0.1, -0.05) is 40.2 Å². The normalized spacial score (nSPS) is 20.4. The first-order valence-electron chi connectivity index (χ1n) is 7.41. The third kappa shape index (κ3) is 4.31. The number of ether oxygens (including phenoxy) is 1. The fraction of sp³-hybridized carbons (Fsp3) is 0.875. The summed E-state index contributed by atoms with van der Waals surface area (Å²) in [6.45, 7) is 11.9. The van der Waals surface area contributed by atoms with E-state index in [0.717, 1.165) is 18.3 Å². The lowest BCUT2D eigenvalue weighted by molar-refractivity contribution is 0.0931. The van der Waals surface area contributed by atoms with Gasteiger partial charge in [-0.25, -0.2) is 0 Å². The molecule has 2 unspecified atom stereocenters. The first-order valence-corrected chi connectivity index (χ1v) is 7.41. The van der Waals surface area contributed by atoms with Crippen LogP contribution < -0.4 is 0 Å². The summed E-state index contributed by atoms with van der Waals surface area (Å²) in [6.07, 6.45) is 5.42. The van der Waals surface area contributed by atoms with Crippen LogP contribution in [-0.2, 0) is 4.74 Å². The zero-order valence-electron chi connectivity index (χ0n) is 12.9. The predicted molar refractivity (Wildman–Crippen MR) is 78.5 cm³/mol. The molecule has 1 aliphatic rings. The van der Waals surface area contributed by atoms with Crippen molar-refractivity contribution in [2.24, 2.45) is 17.8 Å². The van der Waals surface area contributed by atoms with Crippen LogP contribution in [0, 0.1) is 17.8 Å². The lowest BCUT2D eigenvalue weighted by Gasteiger charge is -2.34. The van der Waals surface area contributed by atoms with E-state index in [1.54, 1.807) is 0 Å². The third-order valence-corrected chi connectivity index (χ3v) is 4.41. The smallest absolute Gasteiger partial charge is 0.106 e. The van der Waals surface area contributed by atoms with Crippen LogP contribution in [0.15, 0.2) is 12.3 Å². The summed E-state index contributed by atoms with van der Waals surface area (Å²) in [4.78, 5) is 2.24. The van der Waals surface area contributed by atoms with Gasteiger partial charge in [0.15, 0.2) is 0 Å². The van der Waals surface area contributed by atoms with Crippen LogP contribution in [0.1, 0.15) is 46.5 Å². The van der Waals surface area contributed by atoms with Gasteiger partial charge in [-0.2, -0.15) is 0 Å². The number of rotatable bonds is 7. The maximum atomic E-state index is 5.98. The first-order chi connectivity index (χ1) is 8.43. The molecule has 0 spiro atoms. The molecule has 106 valence electrons. The number of hydrogen-bond acceptors (Lipinski definition) is 2. The van der Waals surface area contributed by atoms with Crippen LogP contribution in [0.2, 0.25) is 0 Å². The largest absolute Gasteiger partial charge is 0.497 e. The molecule has 2 atom stereocenters. The van der Waals surface area contributed by atoms with E-state index in [2.05, 4.69) is 46.3 Å². The molecule has 0 radical (unpaired) electrons. The lowest BCUT2D eigenvalue weighted by atomic mass is 9.88. The van der Waals surface area contributed by atoms with E-state index >= 15 is 0 Å². The maximum absolute atomic E-state index is 5.98. The van der Waals surface area contributed by atoms with Crippen molar-refractivity contribution in [1.82, 2.24) is 4.90 Å². The molecule has 0 N–H and O–H groups in total. The second-order valence-electron chi connectivity index (χ2n) is 6.44. The van der Waals surface area contributed by atoms with Gasteiger partial charge in [-0.15, -0.1) is 0 Å². The third-order valence-electron chi connectivity index (χ3n) is 4.41. The van der Waals surface area contributed by atoms with Gasteiger partial charge >= 0.3 is 0 Å². The van der Waals surface area contributed by atoms with E-state index < -0.39 is 0 Å². The molecule has 0 aliphatic heterocycles. The van der Waals surface area contributed by atoms with Crippen LogP contribution in [0.5, 0.6) is 0 Å². The molecule has 0 aromatic heterocycles. The van der Waals surface area contributed by atoms with Crippen LogP contribution in [0.4, 0.5) is 0 Å². The SMILES string of the molecule is C=C(OCC1CCCC1)C(C(C)C(C)C)N(C)C. The Balaban J connectivity index is 2.48. The molecule has 0 aromatic carbocycles. The van der Waals surface area contributed by atoms with E-state index in [-0.39, 0.29) is 0 Å². The van der Waals surface area contributed by atoms with Gasteiger partial charge in [0.2, 0.25) is 0 Å². The summed E-state index contributed by atoms with van der Waals surface area (Å²) in [5.41, 5.74) is 0. The van der Waals surface area contributed by atoms with Crippen molar-refractivity contribution in [2.75, 3.05) is 20.7 Å². The van der Waals surface area contributed by atoms with Crippen LogP contribution >= 0.6 is 0 Å². The lowest BCUT2D eigenvalue weighted by Crippen LogP contribution is -2.38. The van der Waals surface area contributed by atoms with E-state index in [1.807, 2.05) is 0 Å². The predicted octanol–water partition coefficient (Wildman–Crippen LogP) is 3.93. The summed E-state index contributed by atoms with van der Waals surface area (Å²) >= 11 is 0. The maximum Gasteiger partial charge on any atom is 0.106 e. The van der Waals surface area contributed by atoms with Gasteiger partial charge < -0.3 is 4.74 Å². The van der Waals surface area contributed by atoms with Crippen molar-refractivity contribution < 1.29 is 4.74 Å². The van der Waals surface area contributed by atoms with Gasteiger partial charge in [0.25, 0.3) is 0 Å². The first kappa shape index (κ1) is 15.6. The summed E-state index contributed by atoms with van der Waals surface area (Å²) in [5, 5.41) is 0. The minimum absolute atomic E-state index is 0.325. The van der Waals surface area contributed by atoms with Gasteiger partial charge in [0.05, 0.1) is 12.6 Å². The average molecular weight is 253 g/mol. The highest BCUT2D eigenvalue weighted by atomic mass is 16.5. The molecule has 1 fully saturated rings. The quantitative estimate of drug-likeness (QED) is 0.637. The van der Waals surface area contributed by atoms with Crippen LogP contribution in [0.25, 0.3) is 0 Å². The van der Waals surface area contributed by atoms with E-state index in [4.69, 9.17) is 4.74 Å². The number of nitrogens with zero attached hydrogens (tertiary/aromatic N) is 1. The Morgan fingerprint density at radius 2 is 1.78 bits per heavy atom. The van der Waals surface area contributed by atoms with Gasteiger partial charge in [0.1, 0.15) is 5.76 Å². The summed E-state index contributed by atoms with van der Waals surface area (Å²) in [5.74, 6) is 2.92. The topological polar surface area (TPSA) is 12.5 Å². The Hall–Kier alpha value is -0.500. The second kappa shape index (κ2) is 7.18. The molecular weight excluding hydrogens is 222 g/mol. The summed E-state index contributed by atoms with van der Waals surface area (Å²) in [6, 6.07) is 0.325. The Morgan fingerprint density at radius 1 is 1.22 bits per heavy atom. The highest BCUT2D eigenvalue weighted by Crippen LogP contribution is 2.28. The summed E-state index contributed by atoms with van der Waals surface area (Å²) in [7, 11) is 4.24. The van der Waals surface area contributed by atoms with Crippen LogP contribution in [-0.4, -0.2) is 31.6 Å². The second-order valence-corrected chi connectivity index (χ2v) is 6.44. The van der Waals surface area contributed by atoms with Crippen molar-refractivity contribution in [3.8, 4) is 0 Å². The van der Waals surface area contributed by atoms with Gasteiger partial charge in [0, 0.05) is 0 Å². The molecule has 0 bridgehead atoms. The highest BCUT2D eigenvalue weighted by Gasteiger charge is 2.27. The molecule has 2 nitrogen and oxygen atoms in total. The molecule has 0 amide bonds. The average Bonchev–Trinajstić information content (AvgIpc) is 2.78. The van der Waals surface area contributed by atoms with Crippen molar-refractivity contribution in [3.63, 3.8) is 0 Å². The standard InChI is InChI=1S/C16H31NO/c1-12(2)13(3)16(17(5)6)14(4)18-11-15-9-7-8-10-15/h12-13,15-16H,4,7-11H2,1-3,5-6H3. The fourth-order valence-electron chi connectivity index (χ4n) is 2.90. The Kier molecular flexibility index (Phi) is 6.20. The Labute approximate surface area is 113 Å². The fourth-order valence-corrected chi connectivity index (χ4v) is 2.90. The van der Waals surface area contributed by atoms with Crippen LogP contribution in [0.3, 0.4) is 0 Å². The molecule has 0 heterocycles. The van der Waals surface area contributed by atoms with E-state index in [0.29, 0.717) is 17.9 Å².